The van der Waals surface area contributed by atoms with Crippen LogP contribution in [0.5, 0.6) is 0 Å². The highest BCUT2D eigenvalue weighted by molar-refractivity contribution is 6.01. The second kappa shape index (κ2) is 8.86. The molecule has 4 aliphatic carbocycles. The Hall–Kier alpha value is -2.51. The number of Topliss-reactive ketones (excluding diaryl/α,β-unsaturated/α-hetero) is 1. The van der Waals surface area contributed by atoms with Gasteiger partial charge in [-0.25, -0.2) is 4.79 Å². The van der Waals surface area contributed by atoms with Crippen LogP contribution in [-0.4, -0.2) is 40.9 Å². The van der Waals surface area contributed by atoms with E-state index < -0.39 is 24.4 Å². The van der Waals surface area contributed by atoms with Gasteiger partial charge in [0.2, 0.25) is 6.61 Å². The number of oxime groups is 1. The van der Waals surface area contributed by atoms with Gasteiger partial charge in [0.05, 0.1) is 5.71 Å². The summed E-state index contributed by atoms with van der Waals surface area (Å²) in [5.41, 5.74) is 2.55. The normalized spacial score (nSPS) is 39.6. The molecule has 8 heteroatoms. The Labute approximate surface area is 206 Å². The van der Waals surface area contributed by atoms with E-state index in [4.69, 9.17) is 9.68 Å². The lowest BCUT2D eigenvalue weighted by Crippen LogP contribution is -2.51. The topological polar surface area (TPSA) is 102 Å². The van der Waals surface area contributed by atoms with Crippen molar-refractivity contribution in [2.24, 2.45) is 39.7 Å². The van der Waals surface area contributed by atoms with Crippen LogP contribution in [0.3, 0.4) is 0 Å². The quantitative estimate of drug-likeness (QED) is 0.429. The van der Waals surface area contributed by atoms with E-state index in [-0.39, 0.29) is 29.6 Å². The zero-order chi connectivity index (χ0) is 25.0. The minimum absolute atomic E-state index is 0.0563. The first-order valence-corrected chi connectivity index (χ1v) is 13.1. The smallest absolute Gasteiger partial charge is 0.373 e. The van der Waals surface area contributed by atoms with Gasteiger partial charge < -0.3 is 9.68 Å². The summed E-state index contributed by atoms with van der Waals surface area (Å²) >= 11 is 0. The third kappa shape index (κ3) is 4.02. The van der Waals surface area contributed by atoms with Crippen LogP contribution >= 0.6 is 0 Å². The highest BCUT2D eigenvalue weighted by atomic mass is 16.7. The summed E-state index contributed by atoms with van der Waals surface area (Å²) in [4.78, 5) is 57.5. The molecule has 1 heterocycles. The molecule has 0 radical (unpaired) electrons. The van der Waals surface area contributed by atoms with E-state index in [2.05, 4.69) is 25.1 Å². The molecule has 0 N–H and O–H groups in total. The summed E-state index contributed by atoms with van der Waals surface area (Å²) < 4.78 is 0. The van der Waals surface area contributed by atoms with Crippen LogP contribution in [0.15, 0.2) is 16.8 Å². The van der Waals surface area contributed by atoms with E-state index in [1.54, 1.807) is 6.92 Å². The molecular formula is C27H36N2O6. The van der Waals surface area contributed by atoms with Gasteiger partial charge in [-0.05, 0) is 93.0 Å². The molecule has 35 heavy (non-hydrogen) atoms. The van der Waals surface area contributed by atoms with Crippen LogP contribution in [-0.2, 0) is 28.9 Å². The molecule has 190 valence electrons. The maximum Gasteiger partial charge on any atom is 0.373 e. The van der Waals surface area contributed by atoms with Gasteiger partial charge in [0.1, 0.15) is 5.78 Å². The van der Waals surface area contributed by atoms with E-state index in [0.717, 1.165) is 44.2 Å². The Morgan fingerprint density at radius 3 is 2.46 bits per heavy atom. The third-order valence-electron chi connectivity index (χ3n) is 10.0. The number of allylic oxidation sites excluding steroid dienone is 2. The number of rotatable bonds is 5. The lowest BCUT2D eigenvalue weighted by Gasteiger charge is -2.58. The Morgan fingerprint density at radius 1 is 1.00 bits per heavy atom. The monoisotopic (exact) mass is 484 g/mol. The summed E-state index contributed by atoms with van der Waals surface area (Å²) in [5, 5.41) is 4.69. The molecule has 5 aliphatic rings. The Bertz CT molecular complexity index is 1000. The number of ketones is 1. The van der Waals surface area contributed by atoms with Gasteiger partial charge in [-0.1, -0.05) is 24.6 Å². The van der Waals surface area contributed by atoms with Crippen LogP contribution in [0.4, 0.5) is 0 Å². The minimum Gasteiger partial charge on any atom is -0.383 e. The SMILES string of the molecule is CC(=O)[C@@H]1CC[C@@H]2[C@H]3CCC4=CC(=NOCC(=O)ON5C(=O)CCC5=O)CC[C@]4(C)[C@H]3CC[C@@]21C. The molecule has 0 spiro atoms. The van der Waals surface area contributed by atoms with Gasteiger partial charge in [0.25, 0.3) is 11.8 Å². The summed E-state index contributed by atoms with van der Waals surface area (Å²) in [6.45, 7) is 6.12. The van der Waals surface area contributed by atoms with Gasteiger partial charge in [-0.3, -0.25) is 14.4 Å². The summed E-state index contributed by atoms with van der Waals surface area (Å²) in [7, 11) is 0. The molecule has 3 saturated carbocycles. The van der Waals surface area contributed by atoms with Gasteiger partial charge >= 0.3 is 5.97 Å². The molecule has 0 aromatic rings. The Kier molecular flexibility index (Phi) is 6.12. The van der Waals surface area contributed by atoms with Crippen LogP contribution in [0.1, 0.15) is 85.0 Å². The number of carbonyl (C=O) groups excluding carboxylic acids is 4. The van der Waals surface area contributed by atoms with Crippen molar-refractivity contribution in [1.29, 1.82) is 0 Å². The van der Waals surface area contributed by atoms with Crippen molar-refractivity contribution in [2.75, 3.05) is 6.61 Å². The Balaban J connectivity index is 1.22. The summed E-state index contributed by atoms with van der Waals surface area (Å²) in [6, 6.07) is 0. The first-order valence-electron chi connectivity index (χ1n) is 13.1. The van der Waals surface area contributed by atoms with Crippen LogP contribution in [0.25, 0.3) is 0 Å². The third-order valence-corrected chi connectivity index (χ3v) is 10.0. The van der Waals surface area contributed by atoms with Gasteiger partial charge in [0.15, 0.2) is 0 Å². The zero-order valence-corrected chi connectivity index (χ0v) is 21.0. The standard InChI is InChI=1S/C27H36N2O6/c1-16(30)20-6-7-21-19-5-4-17-14-18(10-12-26(17,2)22(19)11-13-27(20,21)3)28-34-15-25(33)35-29-23(31)8-9-24(29)32/h14,19-22H,4-13,15H2,1-3H3/t19-,20+,21-,22+,26+,27-/m1/s1. The lowest BCUT2D eigenvalue weighted by atomic mass is 9.46. The molecule has 6 atom stereocenters. The van der Waals surface area contributed by atoms with Crippen LogP contribution in [0.2, 0.25) is 0 Å². The lowest BCUT2D eigenvalue weighted by molar-refractivity contribution is -0.200. The van der Waals surface area contributed by atoms with E-state index >= 15 is 0 Å². The second-order valence-corrected chi connectivity index (χ2v) is 11.7. The first kappa shape index (κ1) is 24.2. The molecule has 0 aromatic carbocycles. The fourth-order valence-electron chi connectivity index (χ4n) is 8.26. The molecule has 2 amide bonds. The first-order chi connectivity index (χ1) is 16.6. The minimum atomic E-state index is -0.822. The highest BCUT2D eigenvalue weighted by Crippen LogP contribution is 2.66. The fraction of sp³-hybridized carbons (Fsp3) is 0.741. The fourth-order valence-corrected chi connectivity index (χ4v) is 8.26. The van der Waals surface area contributed by atoms with Crippen molar-refractivity contribution >= 4 is 29.3 Å². The number of nitrogens with zero attached hydrogens (tertiary/aromatic N) is 2. The molecule has 0 unspecified atom stereocenters. The maximum atomic E-state index is 12.3. The van der Waals surface area contributed by atoms with Crippen LogP contribution < -0.4 is 0 Å². The van der Waals surface area contributed by atoms with E-state index in [9.17, 15) is 19.2 Å². The van der Waals surface area contributed by atoms with Crippen molar-refractivity contribution in [3.63, 3.8) is 0 Å². The molecule has 1 saturated heterocycles. The van der Waals surface area contributed by atoms with E-state index in [1.807, 2.05) is 0 Å². The molecule has 0 aromatic heterocycles. The number of fused-ring (bicyclic) bond motifs is 5. The van der Waals surface area contributed by atoms with Crippen LogP contribution in [0, 0.1) is 34.5 Å². The number of imide groups is 1. The van der Waals surface area contributed by atoms with Crippen molar-refractivity contribution in [1.82, 2.24) is 5.06 Å². The van der Waals surface area contributed by atoms with Crippen molar-refractivity contribution in [3.8, 4) is 0 Å². The van der Waals surface area contributed by atoms with E-state index in [1.165, 1.54) is 18.4 Å². The van der Waals surface area contributed by atoms with Gasteiger partial charge in [-0.2, -0.15) is 0 Å². The number of amides is 2. The highest BCUT2D eigenvalue weighted by Gasteiger charge is 2.59. The summed E-state index contributed by atoms with van der Waals surface area (Å²) in [5.74, 6) is 0.716. The van der Waals surface area contributed by atoms with Gasteiger partial charge in [-0.15, -0.1) is 5.06 Å². The molecule has 1 aliphatic heterocycles. The molecule has 0 bridgehead atoms. The average Bonchev–Trinajstić information content (AvgIpc) is 3.33. The molecule has 8 nitrogen and oxygen atoms in total. The Morgan fingerprint density at radius 2 is 1.74 bits per heavy atom. The number of carbonyl (C=O) groups is 4. The molecule has 4 fully saturated rings. The predicted octanol–water partition coefficient (Wildman–Crippen LogP) is 4.13. The zero-order valence-electron chi connectivity index (χ0n) is 21.0. The molecule has 5 rings (SSSR count). The van der Waals surface area contributed by atoms with Crippen molar-refractivity contribution < 1.29 is 28.9 Å². The van der Waals surface area contributed by atoms with Crippen molar-refractivity contribution in [3.05, 3.63) is 11.6 Å². The van der Waals surface area contributed by atoms with Crippen molar-refractivity contribution in [2.45, 2.75) is 85.0 Å². The van der Waals surface area contributed by atoms with Gasteiger partial charge in [0, 0.05) is 18.8 Å². The number of hydroxylamine groups is 2. The molecular weight excluding hydrogens is 448 g/mol. The average molecular weight is 485 g/mol. The number of hydrogen-bond acceptors (Lipinski definition) is 7. The van der Waals surface area contributed by atoms with E-state index in [0.29, 0.717) is 28.6 Å². The second-order valence-electron chi connectivity index (χ2n) is 11.7. The predicted molar refractivity (Wildman–Crippen MR) is 126 cm³/mol. The summed E-state index contributed by atoms with van der Waals surface area (Å²) in [6.07, 6.45) is 10.8. The maximum absolute atomic E-state index is 12.3. The number of hydrogen-bond donors (Lipinski definition) is 0. The largest absolute Gasteiger partial charge is 0.383 e.